The van der Waals surface area contributed by atoms with Gasteiger partial charge in [-0.25, -0.2) is 0 Å². The lowest BCUT2D eigenvalue weighted by Crippen LogP contribution is -2.29. The molecule has 1 aliphatic rings. The van der Waals surface area contributed by atoms with E-state index in [9.17, 15) is 0 Å². The number of hydrogen-bond donors (Lipinski definition) is 1. The van der Waals surface area contributed by atoms with Crippen LogP contribution in [0.3, 0.4) is 0 Å². The predicted molar refractivity (Wildman–Crippen MR) is 123 cm³/mol. The fourth-order valence-electron chi connectivity index (χ4n) is 4.44. The van der Waals surface area contributed by atoms with Gasteiger partial charge in [0.15, 0.2) is 5.11 Å². The molecule has 1 N–H and O–H groups in total. The monoisotopic (exact) mass is 404 g/mol. The van der Waals surface area contributed by atoms with Crippen molar-refractivity contribution in [1.82, 2.24) is 14.9 Å². The molecule has 3 aromatic rings. The van der Waals surface area contributed by atoms with Gasteiger partial charge in [0, 0.05) is 29.8 Å². The highest BCUT2D eigenvalue weighted by molar-refractivity contribution is 7.80. The first kappa shape index (κ1) is 19.6. The largest absolute Gasteiger partial charge is 0.351 e. The predicted octanol–water partition coefficient (Wildman–Crippen LogP) is 5.31. The van der Waals surface area contributed by atoms with Gasteiger partial charge in [-0.3, -0.25) is 4.98 Å². The van der Waals surface area contributed by atoms with Gasteiger partial charge in [-0.2, -0.15) is 0 Å². The molecule has 4 rings (SSSR count). The van der Waals surface area contributed by atoms with Gasteiger partial charge in [-0.05, 0) is 93.9 Å². The molecular formula is C24H28N4S. The van der Waals surface area contributed by atoms with E-state index in [-0.39, 0.29) is 12.1 Å². The van der Waals surface area contributed by atoms with Crippen molar-refractivity contribution in [3.8, 4) is 0 Å². The number of thiocarbonyl (C=S) groups is 1. The van der Waals surface area contributed by atoms with Crippen LogP contribution in [0.15, 0.2) is 48.7 Å². The van der Waals surface area contributed by atoms with Crippen LogP contribution in [-0.2, 0) is 6.54 Å². The zero-order valence-electron chi connectivity index (χ0n) is 17.7. The summed E-state index contributed by atoms with van der Waals surface area (Å²) in [6.07, 6.45) is 1.85. The zero-order chi connectivity index (χ0) is 20.7. The first-order chi connectivity index (χ1) is 13.9. The van der Waals surface area contributed by atoms with Crippen LogP contribution in [0.25, 0.3) is 0 Å². The molecule has 1 aromatic carbocycles. The molecule has 3 heterocycles. The molecule has 0 amide bonds. The minimum absolute atomic E-state index is 0.00360. The lowest BCUT2D eigenvalue weighted by Gasteiger charge is -2.28. The average Bonchev–Trinajstić information content (AvgIpc) is 3.20. The SMILES string of the molecule is CCn1c(C)cc([C@H]2[C@@H](c3ccccn3)NC(=S)N2c2ccc(C)c(C)c2)c1C. The fraction of sp³-hybridized carbons (Fsp3) is 0.333. The Bertz CT molecular complexity index is 1050. The van der Waals surface area contributed by atoms with Crippen molar-refractivity contribution in [3.05, 3.63) is 82.4 Å². The molecule has 0 unspecified atom stereocenters. The Morgan fingerprint density at radius 3 is 2.45 bits per heavy atom. The Morgan fingerprint density at radius 2 is 1.83 bits per heavy atom. The topological polar surface area (TPSA) is 33.1 Å². The van der Waals surface area contributed by atoms with Crippen LogP contribution in [0.1, 0.15) is 52.8 Å². The molecule has 150 valence electrons. The summed E-state index contributed by atoms with van der Waals surface area (Å²) in [6, 6.07) is 15.0. The molecule has 1 saturated heterocycles. The number of nitrogens with zero attached hydrogens (tertiary/aromatic N) is 3. The van der Waals surface area contributed by atoms with Crippen molar-refractivity contribution in [3.63, 3.8) is 0 Å². The van der Waals surface area contributed by atoms with E-state index < -0.39 is 0 Å². The Hall–Kier alpha value is -2.66. The quantitative estimate of drug-likeness (QED) is 0.597. The molecule has 0 radical (unpaired) electrons. The van der Waals surface area contributed by atoms with Gasteiger partial charge >= 0.3 is 0 Å². The zero-order valence-corrected chi connectivity index (χ0v) is 18.5. The fourth-order valence-corrected chi connectivity index (χ4v) is 4.78. The maximum absolute atomic E-state index is 5.84. The molecule has 0 spiro atoms. The van der Waals surface area contributed by atoms with Gasteiger partial charge in [-0.1, -0.05) is 12.1 Å². The third-order valence-electron chi connectivity index (χ3n) is 6.11. The summed E-state index contributed by atoms with van der Waals surface area (Å²) in [6.45, 7) is 11.8. The minimum atomic E-state index is -0.00360. The van der Waals surface area contributed by atoms with Gasteiger partial charge in [-0.15, -0.1) is 0 Å². The summed E-state index contributed by atoms with van der Waals surface area (Å²) < 4.78 is 2.37. The number of anilines is 1. The maximum Gasteiger partial charge on any atom is 0.174 e. The first-order valence-electron chi connectivity index (χ1n) is 10.2. The second-order valence-corrected chi connectivity index (χ2v) is 8.22. The third kappa shape index (κ3) is 3.33. The number of pyridine rings is 1. The van der Waals surface area contributed by atoms with Crippen LogP contribution in [0, 0.1) is 27.7 Å². The summed E-state index contributed by atoms with van der Waals surface area (Å²) in [7, 11) is 0. The first-order valence-corrected chi connectivity index (χ1v) is 10.6. The number of rotatable bonds is 4. The Labute approximate surface area is 178 Å². The van der Waals surface area contributed by atoms with Crippen LogP contribution in [0.2, 0.25) is 0 Å². The number of aromatic nitrogens is 2. The van der Waals surface area contributed by atoms with E-state index in [1.54, 1.807) is 0 Å². The molecule has 29 heavy (non-hydrogen) atoms. The number of nitrogens with one attached hydrogen (secondary N) is 1. The van der Waals surface area contributed by atoms with Gasteiger partial charge < -0.3 is 14.8 Å². The molecule has 0 aliphatic carbocycles. The summed E-state index contributed by atoms with van der Waals surface area (Å²) in [5, 5.41) is 4.31. The molecular weight excluding hydrogens is 376 g/mol. The van der Waals surface area contributed by atoms with Crippen LogP contribution >= 0.6 is 12.2 Å². The lowest BCUT2D eigenvalue weighted by molar-refractivity contribution is 0.563. The summed E-state index contributed by atoms with van der Waals surface area (Å²) in [5.41, 5.74) is 8.54. The molecule has 4 nitrogen and oxygen atoms in total. The van der Waals surface area contributed by atoms with Crippen LogP contribution in [-0.4, -0.2) is 14.7 Å². The van der Waals surface area contributed by atoms with Crippen molar-refractivity contribution >= 4 is 23.0 Å². The maximum atomic E-state index is 5.84. The minimum Gasteiger partial charge on any atom is -0.351 e. The van der Waals surface area contributed by atoms with Crippen molar-refractivity contribution in [2.24, 2.45) is 0 Å². The lowest BCUT2D eigenvalue weighted by atomic mass is 9.96. The van der Waals surface area contributed by atoms with Crippen molar-refractivity contribution in [1.29, 1.82) is 0 Å². The smallest absolute Gasteiger partial charge is 0.174 e. The highest BCUT2D eigenvalue weighted by Gasteiger charge is 2.42. The summed E-state index contributed by atoms with van der Waals surface area (Å²) >= 11 is 5.84. The van der Waals surface area contributed by atoms with E-state index in [0.29, 0.717) is 0 Å². The van der Waals surface area contributed by atoms with E-state index in [2.05, 4.69) is 84.7 Å². The van der Waals surface area contributed by atoms with Gasteiger partial charge in [0.1, 0.15) is 0 Å². The third-order valence-corrected chi connectivity index (χ3v) is 6.43. The standard InChI is InChI=1S/C24H28N4S/c1-6-27-17(4)14-20(18(27)5)23-22(21-9-7-8-12-25-21)26-24(29)28(23)19-11-10-15(2)16(3)13-19/h7-14,22-23H,6H2,1-5H3,(H,26,29)/t22-,23+/m1/s1. The molecule has 5 heteroatoms. The molecule has 1 fully saturated rings. The summed E-state index contributed by atoms with van der Waals surface area (Å²) in [5.74, 6) is 0. The highest BCUT2D eigenvalue weighted by Crippen LogP contribution is 2.43. The number of benzene rings is 1. The van der Waals surface area contributed by atoms with Crippen molar-refractivity contribution < 1.29 is 0 Å². The van der Waals surface area contributed by atoms with Crippen molar-refractivity contribution in [2.45, 2.75) is 53.2 Å². The Morgan fingerprint density at radius 1 is 1.03 bits per heavy atom. The normalized spacial score (nSPS) is 18.9. The number of hydrogen-bond acceptors (Lipinski definition) is 2. The molecule has 0 saturated carbocycles. The van der Waals surface area contributed by atoms with Crippen molar-refractivity contribution in [2.75, 3.05) is 4.90 Å². The van der Waals surface area contributed by atoms with E-state index in [4.69, 9.17) is 12.2 Å². The van der Waals surface area contributed by atoms with Crippen LogP contribution in [0.5, 0.6) is 0 Å². The number of aryl methyl sites for hydroxylation is 3. The van der Waals surface area contributed by atoms with E-state index >= 15 is 0 Å². The molecule has 2 atom stereocenters. The van der Waals surface area contributed by atoms with Crippen LogP contribution < -0.4 is 10.2 Å². The van der Waals surface area contributed by atoms with Crippen LogP contribution in [0.4, 0.5) is 5.69 Å². The Balaban J connectivity index is 1.89. The van der Waals surface area contributed by atoms with E-state index in [0.717, 1.165) is 23.0 Å². The average molecular weight is 405 g/mol. The van der Waals surface area contributed by atoms with E-state index in [1.165, 1.54) is 28.1 Å². The van der Waals surface area contributed by atoms with E-state index in [1.807, 2.05) is 18.3 Å². The molecule has 0 bridgehead atoms. The van der Waals surface area contributed by atoms with Gasteiger partial charge in [0.05, 0.1) is 17.8 Å². The second kappa shape index (κ2) is 7.64. The summed E-state index contributed by atoms with van der Waals surface area (Å²) in [4.78, 5) is 6.92. The second-order valence-electron chi connectivity index (χ2n) is 7.84. The highest BCUT2D eigenvalue weighted by atomic mass is 32.1. The van der Waals surface area contributed by atoms with Gasteiger partial charge in [0.25, 0.3) is 0 Å². The van der Waals surface area contributed by atoms with Gasteiger partial charge in [0.2, 0.25) is 0 Å². The molecule has 1 aliphatic heterocycles. The Kier molecular flexibility index (Phi) is 5.17. The molecule has 2 aromatic heterocycles.